The zero-order valence-electron chi connectivity index (χ0n) is 12.1. The standard InChI is InChI=1S/C15H16FNO3S2/c1-9-12-6-11(16)2-3-13(12)21-14(9)15(18)17-7-10-4-5-22(19,20)8-10/h2-3,6,10H,4-5,7-8H2,1H3,(H,17,18). The summed E-state index contributed by atoms with van der Waals surface area (Å²) in [6.45, 7) is 2.16. The highest BCUT2D eigenvalue weighted by molar-refractivity contribution is 7.91. The molecule has 0 bridgehead atoms. The number of aryl methyl sites for hydroxylation is 1. The first kappa shape index (κ1) is 15.4. The number of benzene rings is 1. The van der Waals surface area contributed by atoms with E-state index in [0.29, 0.717) is 17.8 Å². The third-order valence-electron chi connectivity index (χ3n) is 3.98. The average molecular weight is 341 g/mol. The first-order valence-corrected chi connectivity index (χ1v) is 9.67. The van der Waals surface area contributed by atoms with E-state index in [1.807, 2.05) is 0 Å². The van der Waals surface area contributed by atoms with Gasteiger partial charge in [-0.1, -0.05) is 0 Å². The highest BCUT2D eigenvalue weighted by Gasteiger charge is 2.28. The highest BCUT2D eigenvalue weighted by Crippen LogP contribution is 2.31. The number of thiophene rings is 1. The Bertz CT molecular complexity index is 842. The van der Waals surface area contributed by atoms with Gasteiger partial charge in [0.1, 0.15) is 5.82 Å². The van der Waals surface area contributed by atoms with Crippen molar-refractivity contribution in [1.29, 1.82) is 0 Å². The topological polar surface area (TPSA) is 63.2 Å². The molecule has 1 aliphatic heterocycles. The van der Waals surface area contributed by atoms with Gasteiger partial charge in [-0.05, 0) is 48.4 Å². The number of hydrogen-bond acceptors (Lipinski definition) is 4. The Morgan fingerprint density at radius 1 is 1.45 bits per heavy atom. The predicted molar refractivity (Wildman–Crippen MR) is 85.6 cm³/mol. The van der Waals surface area contributed by atoms with Crippen LogP contribution < -0.4 is 5.32 Å². The quantitative estimate of drug-likeness (QED) is 0.933. The molecule has 3 rings (SSSR count). The molecule has 0 radical (unpaired) electrons. The molecule has 4 nitrogen and oxygen atoms in total. The van der Waals surface area contributed by atoms with Crippen molar-refractivity contribution < 1.29 is 17.6 Å². The number of fused-ring (bicyclic) bond motifs is 1. The van der Waals surface area contributed by atoms with Crippen LogP contribution in [0.15, 0.2) is 18.2 Å². The van der Waals surface area contributed by atoms with E-state index in [4.69, 9.17) is 0 Å². The van der Waals surface area contributed by atoms with E-state index in [9.17, 15) is 17.6 Å². The fourth-order valence-electron chi connectivity index (χ4n) is 2.76. The predicted octanol–water partition coefficient (Wildman–Crippen LogP) is 2.51. The van der Waals surface area contributed by atoms with Gasteiger partial charge in [-0.3, -0.25) is 4.79 Å². The second kappa shape index (κ2) is 5.62. The minimum Gasteiger partial charge on any atom is -0.351 e. The second-order valence-electron chi connectivity index (χ2n) is 5.68. The number of hydrogen-bond donors (Lipinski definition) is 1. The zero-order chi connectivity index (χ0) is 15.9. The summed E-state index contributed by atoms with van der Waals surface area (Å²) in [6, 6.07) is 4.48. The van der Waals surface area contributed by atoms with Crippen LogP contribution in [0.1, 0.15) is 21.7 Å². The van der Waals surface area contributed by atoms with Crippen molar-refractivity contribution in [2.45, 2.75) is 13.3 Å². The van der Waals surface area contributed by atoms with Gasteiger partial charge < -0.3 is 5.32 Å². The third-order valence-corrected chi connectivity index (χ3v) is 7.09. The molecule has 1 N–H and O–H groups in total. The third kappa shape index (κ3) is 3.01. The Morgan fingerprint density at radius 2 is 2.23 bits per heavy atom. The Balaban J connectivity index is 1.74. The monoisotopic (exact) mass is 341 g/mol. The van der Waals surface area contributed by atoms with Crippen molar-refractivity contribution in [3.05, 3.63) is 34.5 Å². The summed E-state index contributed by atoms with van der Waals surface area (Å²) < 4.78 is 37.0. The number of sulfone groups is 1. The molecule has 2 aromatic rings. The Hall–Kier alpha value is -1.47. The van der Waals surface area contributed by atoms with E-state index in [1.54, 1.807) is 13.0 Å². The molecule has 2 heterocycles. The molecule has 0 spiro atoms. The van der Waals surface area contributed by atoms with Gasteiger partial charge in [-0.2, -0.15) is 0 Å². The second-order valence-corrected chi connectivity index (χ2v) is 8.96. The number of amides is 1. The molecule has 1 fully saturated rings. The molecular weight excluding hydrogens is 325 g/mol. The number of halogens is 1. The summed E-state index contributed by atoms with van der Waals surface area (Å²) in [6.07, 6.45) is 0.596. The maximum Gasteiger partial charge on any atom is 0.261 e. The van der Waals surface area contributed by atoms with Crippen molar-refractivity contribution in [1.82, 2.24) is 5.32 Å². The van der Waals surface area contributed by atoms with Crippen LogP contribution in [0.5, 0.6) is 0 Å². The van der Waals surface area contributed by atoms with E-state index < -0.39 is 9.84 Å². The van der Waals surface area contributed by atoms with E-state index in [-0.39, 0.29) is 29.1 Å². The molecule has 1 aromatic heterocycles. The van der Waals surface area contributed by atoms with E-state index in [0.717, 1.165) is 15.6 Å². The van der Waals surface area contributed by atoms with Crippen LogP contribution in [0.25, 0.3) is 10.1 Å². The molecule has 1 atom stereocenters. The fourth-order valence-corrected chi connectivity index (χ4v) is 5.73. The molecule has 1 saturated heterocycles. The van der Waals surface area contributed by atoms with Crippen LogP contribution in [-0.4, -0.2) is 32.4 Å². The molecule has 0 aliphatic carbocycles. The van der Waals surface area contributed by atoms with Crippen molar-refractivity contribution in [3.8, 4) is 0 Å². The van der Waals surface area contributed by atoms with Crippen LogP contribution in [0, 0.1) is 18.7 Å². The van der Waals surface area contributed by atoms with Gasteiger partial charge in [0.2, 0.25) is 0 Å². The Kier molecular flexibility index (Phi) is 3.94. The molecule has 1 aliphatic rings. The molecule has 1 aromatic carbocycles. The van der Waals surface area contributed by atoms with Gasteiger partial charge in [0.15, 0.2) is 9.84 Å². The minimum absolute atomic E-state index is 0.0129. The highest BCUT2D eigenvalue weighted by atomic mass is 32.2. The van der Waals surface area contributed by atoms with Gasteiger partial charge in [-0.25, -0.2) is 12.8 Å². The summed E-state index contributed by atoms with van der Waals surface area (Å²) >= 11 is 1.33. The lowest BCUT2D eigenvalue weighted by atomic mass is 10.1. The fraction of sp³-hybridized carbons (Fsp3) is 0.400. The largest absolute Gasteiger partial charge is 0.351 e. The Morgan fingerprint density at radius 3 is 2.91 bits per heavy atom. The van der Waals surface area contributed by atoms with Crippen LogP contribution in [0.2, 0.25) is 0 Å². The average Bonchev–Trinajstić information content (AvgIpc) is 2.97. The lowest BCUT2D eigenvalue weighted by molar-refractivity contribution is 0.0952. The van der Waals surface area contributed by atoms with E-state index >= 15 is 0 Å². The number of carbonyl (C=O) groups is 1. The van der Waals surface area contributed by atoms with Crippen LogP contribution in [0.3, 0.4) is 0 Å². The first-order chi connectivity index (χ1) is 10.4. The smallest absolute Gasteiger partial charge is 0.261 e. The summed E-state index contributed by atoms with van der Waals surface area (Å²) in [5.41, 5.74) is 0.760. The van der Waals surface area contributed by atoms with E-state index in [1.165, 1.54) is 23.5 Å². The number of carbonyl (C=O) groups excluding carboxylic acids is 1. The first-order valence-electron chi connectivity index (χ1n) is 7.03. The van der Waals surface area contributed by atoms with Gasteiger partial charge in [-0.15, -0.1) is 11.3 Å². The Labute approximate surface area is 132 Å². The maximum atomic E-state index is 13.3. The molecule has 22 heavy (non-hydrogen) atoms. The van der Waals surface area contributed by atoms with Crippen molar-refractivity contribution in [3.63, 3.8) is 0 Å². The summed E-state index contributed by atoms with van der Waals surface area (Å²) in [7, 11) is -2.93. The van der Waals surface area contributed by atoms with Crippen LogP contribution in [0.4, 0.5) is 4.39 Å². The molecule has 7 heteroatoms. The normalized spacial score (nSPS) is 20.4. The summed E-state index contributed by atoms with van der Waals surface area (Å²) in [4.78, 5) is 12.9. The molecular formula is C15H16FNO3S2. The number of nitrogens with one attached hydrogen (secondary N) is 1. The van der Waals surface area contributed by atoms with Gasteiger partial charge >= 0.3 is 0 Å². The van der Waals surface area contributed by atoms with Crippen molar-refractivity contribution >= 4 is 37.2 Å². The van der Waals surface area contributed by atoms with Gasteiger partial charge in [0.25, 0.3) is 5.91 Å². The van der Waals surface area contributed by atoms with Crippen molar-refractivity contribution in [2.75, 3.05) is 18.1 Å². The van der Waals surface area contributed by atoms with Crippen LogP contribution in [-0.2, 0) is 9.84 Å². The molecule has 1 unspecified atom stereocenters. The van der Waals surface area contributed by atoms with E-state index in [2.05, 4.69) is 5.32 Å². The zero-order valence-corrected chi connectivity index (χ0v) is 13.7. The minimum atomic E-state index is -2.93. The maximum absolute atomic E-state index is 13.3. The summed E-state index contributed by atoms with van der Waals surface area (Å²) in [5, 5.41) is 3.56. The number of rotatable bonds is 3. The van der Waals surface area contributed by atoms with Crippen molar-refractivity contribution in [2.24, 2.45) is 5.92 Å². The van der Waals surface area contributed by atoms with Gasteiger partial charge in [0, 0.05) is 11.2 Å². The van der Waals surface area contributed by atoms with Crippen LogP contribution >= 0.6 is 11.3 Å². The lowest BCUT2D eigenvalue weighted by Gasteiger charge is -2.09. The molecule has 1 amide bonds. The van der Waals surface area contributed by atoms with Gasteiger partial charge in [0.05, 0.1) is 16.4 Å². The molecule has 0 saturated carbocycles. The summed E-state index contributed by atoms with van der Waals surface area (Å²) in [5.74, 6) is -0.209. The lowest BCUT2D eigenvalue weighted by Crippen LogP contribution is -2.29. The molecule has 118 valence electrons. The SMILES string of the molecule is Cc1c(C(=O)NCC2CCS(=O)(=O)C2)sc2ccc(F)cc12.